The second-order valence-electron chi connectivity index (χ2n) is 5.58. The molecule has 0 unspecified atom stereocenters. The Kier molecular flexibility index (Phi) is 4.93. The van der Waals surface area contributed by atoms with Crippen LogP contribution in [0.15, 0.2) is 51.8 Å². The van der Waals surface area contributed by atoms with Crippen LogP contribution in [0.2, 0.25) is 0 Å². The number of nitrogens with one attached hydrogen (secondary N) is 1. The first kappa shape index (κ1) is 17.3. The normalized spacial score (nSPS) is 12.2. The molecule has 1 aliphatic heterocycles. The highest BCUT2D eigenvalue weighted by Gasteiger charge is 2.17. The first-order chi connectivity index (χ1) is 13.2. The van der Waals surface area contributed by atoms with Crippen molar-refractivity contribution in [2.24, 2.45) is 0 Å². The Bertz CT molecular complexity index is 961. The quantitative estimate of drug-likeness (QED) is 0.645. The molecule has 2 heterocycles. The first-order valence-electron chi connectivity index (χ1n) is 8.09. The van der Waals surface area contributed by atoms with Gasteiger partial charge in [0.05, 0.1) is 0 Å². The molecular formula is C18H14FN3O4S. The molecule has 27 heavy (non-hydrogen) atoms. The van der Waals surface area contributed by atoms with E-state index in [1.54, 1.807) is 30.3 Å². The number of anilines is 1. The van der Waals surface area contributed by atoms with E-state index in [1.807, 2.05) is 0 Å². The van der Waals surface area contributed by atoms with Gasteiger partial charge in [-0.25, -0.2) is 4.39 Å². The summed E-state index contributed by atoms with van der Waals surface area (Å²) < 4.78 is 28.9. The van der Waals surface area contributed by atoms with Crippen LogP contribution in [0.25, 0.3) is 11.5 Å². The molecule has 0 saturated heterocycles. The fourth-order valence-electron chi connectivity index (χ4n) is 2.39. The average Bonchev–Trinajstić information content (AvgIpc) is 3.32. The van der Waals surface area contributed by atoms with Crippen LogP contribution in [-0.2, 0) is 4.79 Å². The van der Waals surface area contributed by atoms with E-state index in [4.69, 9.17) is 13.9 Å². The zero-order valence-corrected chi connectivity index (χ0v) is 14.8. The molecule has 1 N–H and O–H groups in total. The number of hydrogen-bond donors (Lipinski definition) is 1. The molecule has 0 fully saturated rings. The average molecular weight is 387 g/mol. The van der Waals surface area contributed by atoms with Crippen LogP contribution in [-0.4, -0.2) is 28.7 Å². The third-order valence-electron chi connectivity index (χ3n) is 3.70. The molecule has 0 saturated carbocycles. The standard InChI is InChI=1S/C18H14FN3O4S/c19-12-2-4-13(5-3-12)27-8-7-16(23)20-18-22-21-17(26-18)11-1-6-14-15(9-11)25-10-24-14/h1-6,9H,7-8,10H2,(H,20,22,23). The Labute approximate surface area is 157 Å². The summed E-state index contributed by atoms with van der Waals surface area (Å²) in [5, 5.41) is 10.3. The minimum absolute atomic E-state index is 0.0273. The van der Waals surface area contributed by atoms with Gasteiger partial charge in [0, 0.05) is 22.6 Å². The summed E-state index contributed by atoms with van der Waals surface area (Å²) in [4.78, 5) is 12.9. The number of amides is 1. The summed E-state index contributed by atoms with van der Waals surface area (Å²) in [6.07, 6.45) is 0.254. The van der Waals surface area contributed by atoms with E-state index < -0.39 is 0 Å². The zero-order chi connectivity index (χ0) is 18.6. The van der Waals surface area contributed by atoms with E-state index in [0.29, 0.717) is 22.8 Å². The molecule has 138 valence electrons. The first-order valence-corrected chi connectivity index (χ1v) is 9.08. The van der Waals surface area contributed by atoms with Gasteiger partial charge in [-0.05, 0) is 42.5 Å². The smallest absolute Gasteiger partial charge is 0.322 e. The third-order valence-corrected chi connectivity index (χ3v) is 4.72. The lowest BCUT2D eigenvalue weighted by molar-refractivity contribution is -0.115. The number of thioether (sulfide) groups is 1. The van der Waals surface area contributed by atoms with Crippen LogP contribution in [0.4, 0.5) is 10.4 Å². The lowest BCUT2D eigenvalue weighted by Crippen LogP contribution is -2.12. The Morgan fingerprint density at radius 1 is 1.11 bits per heavy atom. The highest BCUT2D eigenvalue weighted by Crippen LogP contribution is 2.35. The largest absolute Gasteiger partial charge is 0.454 e. The molecule has 0 aliphatic carbocycles. The van der Waals surface area contributed by atoms with E-state index in [9.17, 15) is 9.18 Å². The summed E-state index contributed by atoms with van der Waals surface area (Å²) >= 11 is 1.46. The molecule has 4 rings (SSSR count). The van der Waals surface area contributed by atoms with Gasteiger partial charge in [0.15, 0.2) is 11.5 Å². The Balaban J connectivity index is 1.31. The third kappa shape index (κ3) is 4.20. The molecule has 0 spiro atoms. The Morgan fingerprint density at radius 3 is 2.78 bits per heavy atom. The number of halogens is 1. The summed E-state index contributed by atoms with van der Waals surface area (Å²) in [5.41, 5.74) is 0.666. The number of fused-ring (bicyclic) bond motifs is 1. The van der Waals surface area contributed by atoms with E-state index >= 15 is 0 Å². The van der Waals surface area contributed by atoms with Gasteiger partial charge < -0.3 is 13.9 Å². The maximum absolute atomic E-state index is 12.9. The number of rotatable bonds is 6. The number of hydrogen-bond acceptors (Lipinski definition) is 7. The van der Waals surface area contributed by atoms with E-state index in [-0.39, 0.29) is 36.8 Å². The molecule has 0 bridgehead atoms. The highest BCUT2D eigenvalue weighted by atomic mass is 32.2. The molecule has 3 aromatic rings. The number of carbonyl (C=O) groups excluding carboxylic acids is 1. The predicted molar refractivity (Wildman–Crippen MR) is 96.2 cm³/mol. The highest BCUT2D eigenvalue weighted by molar-refractivity contribution is 7.99. The molecule has 1 aromatic heterocycles. The zero-order valence-electron chi connectivity index (χ0n) is 14.0. The van der Waals surface area contributed by atoms with Crippen LogP contribution in [0.1, 0.15) is 6.42 Å². The van der Waals surface area contributed by atoms with Gasteiger partial charge in [-0.15, -0.1) is 16.9 Å². The number of aromatic nitrogens is 2. The molecule has 9 heteroatoms. The van der Waals surface area contributed by atoms with Crippen molar-refractivity contribution in [3.05, 3.63) is 48.3 Å². The van der Waals surface area contributed by atoms with Gasteiger partial charge in [-0.1, -0.05) is 5.10 Å². The van der Waals surface area contributed by atoms with Crippen LogP contribution in [0.5, 0.6) is 11.5 Å². The summed E-state index contributed by atoms with van der Waals surface area (Å²) in [6, 6.07) is 11.4. The van der Waals surface area contributed by atoms with Crippen molar-refractivity contribution in [3.63, 3.8) is 0 Å². The van der Waals surface area contributed by atoms with Crippen LogP contribution < -0.4 is 14.8 Å². The second kappa shape index (κ2) is 7.67. The number of benzene rings is 2. The van der Waals surface area contributed by atoms with Crippen molar-refractivity contribution in [2.45, 2.75) is 11.3 Å². The maximum Gasteiger partial charge on any atom is 0.322 e. The number of nitrogens with zero attached hydrogens (tertiary/aromatic N) is 2. The number of carbonyl (C=O) groups is 1. The Hall–Kier alpha value is -3.07. The van der Waals surface area contributed by atoms with Gasteiger partial charge >= 0.3 is 6.01 Å². The van der Waals surface area contributed by atoms with Gasteiger partial charge in [0.25, 0.3) is 0 Å². The molecule has 0 atom stereocenters. The maximum atomic E-state index is 12.9. The van der Waals surface area contributed by atoms with Crippen molar-refractivity contribution >= 4 is 23.7 Å². The van der Waals surface area contributed by atoms with E-state index in [0.717, 1.165) is 4.90 Å². The van der Waals surface area contributed by atoms with Gasteiger partial charge in [0.1, 0.15) is 5.82 Å². The van der Waals surface area contributed by atoms with Crippen molar-refractivity contribution < 1.29 is 23.1 Å². The monoisotopic (exact) mass is 387 g/mol. The fraction of sp³-hybridized carbons (Fsp3) is 0.167. The predicted octanol–water partition coefficient (Wildman–Crippen LogP) is 3.73. The minimum Gasteiger partial charge on any atom is -0.454 e. The van der Waals surface area contributed by atoms with Crippen molar-refractivity contribution in [3.8, 4) is 23.0 Å². The van der Waals surface area contributed by atoms with Crippen molar-refractivity contribution in [1.82, 2.24) is 10.2 Å². The van der Waals surface area contributed by atoms with Crippen molar-refractivity contribution in [2.75, 3.05) is 17.9 Å². The lowest BCUT2D eigenvalue weighted by atomic mass is 10.2. The molecule has 2 aromatic carbocycles. The van der Waals surface area contributed by atoms with Crippen LogP contribution in [0.3, 0.4) is 0 Å². The molecule has 1 amide bonds. The molecule has 1 aliphatic rings. The minimum atomic E-state index is -0.285. The van der Waals surface area contributed by atoms with Crippen LogP contribution >= 0.6 is 11.8 Å². The van der Waals surface area contributed by atoms with Gasteiger partial charge in [-0.3, -0.25) is 10.1 Å². The number of ether oxygens (including phenoxy) is 2. The summed E-state index contributed by atoms with van der Waals surface area (Å²) in [6.45, 7) is 0.180. The van der Waals surface area contributed by atoms with Crippen LogP contribution in [0, 0.1) is 5.82 Å². The second-order valence-corrected chi connectivity index (χ2v) is 6.75. The van der Waals surface area contributed by atoms with E-state index in [2.05, 4.69) is 15.5 Å². The molecule has 0 radical (unpaired) electrons. The SMILES string of the molecule is O=C(CCSc1ccc(F)cc1)Nc1nnc(-c2ccc3c(c2)OCO3)o1. The molecule has 7 nitrogen and oxygen atoms in total. The lowest BCUT2D eigenvalue weighted by Gasteiger charge is -2.02. The Morgan fingerprint density at radius 2 is 1.93 bits per heavy atom. The summed E-state index contributed by atoms with van der Waals surface area (Å²) in [7, 11) is 0. The fourth-order valence-corrected chi connectivity index (χ4v) is 3.25. The van der Waals surface area contributed by atoms with Crippen molar-refractivity contribution in [1.29, 1.82) is 0 Å². The van der Waals surface area contributed by atoms with E-state index in [1.165, 1.54) is 23.9 Å². The van der Waals surface area contributed by atoms with Gasteiger partial charge in [-0.2, -0.15) is 0 Å². The van der Waals surface area contributed by atoms with Gasteiger partial charge in [0.2, 0.25) is 18.6 Å². The summed E-state index contributed by atoms with van der Waals surface area (Å²) in [5.74, 6) is 1.54. The topological polar surface area (TPSA) is 86.5 Å². The molecular weight excluding hydrogens is 373 g/mol.